The molecule has 0 spiro atoms. The molecule has 0 amide bonds. The molecule has 0 bridgehead atoms. The van der Waals surface area contributed by atoms with Gasteiger partial charge >= 0.3 is 0 Å². The minimum absolute atomic E-state index is 0.675. The highest BCUT2D eigenvalue weighted by Gasteiger charge is 1.99. The fourth-order valence-electron chi connectivity index (χ4n) is 1.16. The molecule has 14 heavy (non-hydrogen) atoms. The zero-order valence-electron chi connectivity index (χ0n) is 7.88. The number of hydrogen-bond acceptors (Lipinski definition) is 4. The van der Waals surface area contributed by atoms with Crippen LogP contribution in [0.15, 0.2) is 30.3 Å². The Morgan fingerprint density at radius 1 is 1.29 bits per heavy atom. The summed E-state index contributed by atoms with van der Waals surface area (Å²) in [5.74, 6) is 0.675. The van der Waals surface area contributed by atoms with E-state index in [1.165, 1.54) is 5.56 Å². The molecule has 5 heteroatoms. The van der Waals surface area contributed by atoms with Crippen molar-refractivity contribution >= 4 is 5.95 Å². The molecule has 0 atom stereocenters. The lowest BCUT2D eigenvalue weighted by Crippen LogP contribution is -2.05. The van der Waals surface area contributed by atoms with Gasteiger partial charge in [0.15, 0.2) is 0 Å². The van der Waals surface area contributed by atoms with E-state index < -0.39 is 0 Å². The van der Waals surface area contributed by atoms with Crippen LogP contribution in [0.4, 0.5) is 5.95 Å². The summed E-state index contributed by atoms with van der Waals surface area (Å²) in [5.41, 5.74) is 1.20. The Bertz CT molecular complexity index is 395. The Hall–Kier alpha value is -1.91. The lowest BCUT2D eigenvalue weighted by molar-refractivity contribution is 0.712. The van der Waals surface area contributed by atoms with Gasteiger partial charge in [-0.1, -0.05) is 35.4 Å². The average molecular weight is 189 g/mol. The fourth-order valence-corrected chi connectivity index (χ4v) is 1.16. The highest BCUT2D eigenvalue weighted by Crippen LogP contribution is 2.02. The van der Waals surface area contributed by atoms with Crippen molar-refractivity contribution in [2.24, 2.45) is 7.05 Å². The van der Waals surface area contributed by atoms with Crippen molar-refractivity contribution in [2.75, 3.05) is 5.32 Å². The molecule has 0 aliphatic carbocycles. The standard InChI is InChI=1S/C9H11N5/c1-14-9(11-12-13-14)10-7-8-5-3-2-4-6-8/h2-6H,7H2,1H3,(H,10,11,13). The van der Waals surface area contributed by atoms with E-state index in [1.807, 2.05) is 18.2 Å². The molecule has 0 unspecified atom stereocenters. The molecule has 1 heterocycles. The van der Waals surface area contributed by atoms with E-state index in [1.54, 1.807) is 11.7 Å². The van der Waals surface area contributed by atoms with Crippen molar-refractivity contribution < 1.29 is 0 Å². The Balaban J connectivity index is 1.99. The van der Waals surface area contributed by atoms with Crippen molar-refractivity contribution in [3.8, 4) is 0 Å². The van der Waals surface area contributed by atoms with Crippen LogP contribution in [-0.2, 0) is 13.6 Å². The predicted molar refractivity (Wildman–Crippen MR) is 52.6 cm³/mol. The quantitative estimate of drug-likeness (QED) is 0.776. The maximum atomic E-state index is 3.82. The van der Waals surface area contributed by atoms with Crippen molar-refractivity contribution in [3.05, 3.63) is 35.9 Å². The summed E-state index contributed by atoms with van der Waals surface area (Å²) < 4.78 is 1.60. The molecular weight excluding hydrogens is 178 g/mol. The van der Waals surface area contributed by atoms with Gasteiger partial charge in [0.2, 0.25) is 5.95 Å². The van der Waals surface area contributed by atoms with Gasteiger partial charge in [-0.2, -0.15) is 0 Å². The number of tetrazole rings is 1. The van der Waals surface area contributed by atoms with Gasteiger partial charge in [-0.05, 0) is 16.0 Å². The first kappa shape index (κ1) is 8.68. The van der Waals surface area contributed by atoms with Crippen LogP contribution >= 0.6 is 0 Å². The van der Waals surface area contributed by atoms with E-state index in [0.717, 1.165) is 6.54 Å². The number of nitrogens with zero attached hydrogens (tertiary/aromatic N) is 4. The van der Waals surface area contributed by atoms with Gasteiger partial charge < -0.3 is 5.32 Å². The van der Waals surface area contributed by atoms with Crippen LogP contribution in [0.25, 0.3) is 0 Å². The van der Waals surface area contributed by atoms with E-state index in [-0.39, 0.29) is 0 Å². The Kier molecular flexibility index (Phi) is 2.40. The number of hydrogen-bond donors (Lipinski definition) is 1. The third kappa shape index (κ3) is 1.87. The number of anilines is 1. The van der Waals surface area contributed by atoms with Gasteiger partial charge in [-0.15, -0.1) is 0 Å². The first-order chi connectivity index (χ1) is 6.86. The van der Waals surface area contributed by atoms with Crippen LogP contribution < -0.4 is 5.32 Å². The minimum Gasteiger partial charge on any atom is -0.349 e. The van der Waals surface area contributed by atoms with Crippen LogP contribution in [-0.4, -0.2) is 20.2 Å². The molecule has 0 saturated heterocycles. The van der Waals surface area contributed by atoms with Crippen molar-refractivity contribution in [3.63, 3.8) is 0 Å². The second-order valence-corrected chi connectivity index (χ2v) is 2.97. The van der Waals surface area contributed by atoms with E-state index in [2.05, 4.69) is 33.0 Å². The summed E-state index contributed by atoms with van der Waals surface area (Å²) in [5, 5.41) is 14.2. The zero-order valence-corrected chi connectivity index (χ0v) is 7.88. The molecule has 1 aromatic heterocycles. The molecule has 2 aromatic rings. The molecule has 1 aromatic carbocycles. The molecule has 0 aliphatic rings. The topological polar surface area (TPSA) is 55.6 Å². The molecule has 5 nitrogen and oxygen atoms in total. The first-order valence-corrected chi connectivity index (χ1v) is 4.36. The number of nitrogens with one attached hydrogen (secondary N) is 1. The van der Waals surface area contributed by atoms with E-state index >= 15 is 0 Å². The van der Waals surface area contributed by atoms with Gasteiger partial charge in [0.05, 0.1) is 0 Å². The summed E-state index contributed by atoms with van der Waals surface area (Å²) in [4.78, 5) is 0. The maximum absolute atomic E-state index is 3.82. The lowest BCUT2D eigenvalue weighted by Gasteiger charge is -2.03. The zero-order chi connectivity index (χ0) is 9.80. The van der Waals surface area contributed by atoms with Crippen molar-refractivity contribution in [1.29, 1.82) is 0 Å². The van der Waals surface area contributed by atoms with Crippen LogP contribution in [0.2, 0.25) is 0 Å². The highest BCUT2D eigenvalue weighted by molar-refractivity contribution is 5.25. The molecule has 0 radical (unpaired) electrons. The number of aromatic nitrogens is 4. The Morgan fingerprint density at radius 3 is 2.71 bits per heavy atom. The lowest BCUT2D eigenvalue weighted by atomic mass is 10.2. The minimum atomic E-state index is 0.675. The summed E-state index contributed by atoms with van der Waals surface area (Å²) in [7, 11) is 1.80. The van der Waals surface area contributed by atoms with Crippen LogP contribution in [0, 0.1) is 0 Å². The Labute approximate surface area is 81.8 Å². The van der Waals surface area contributed by atoms with Gasteiger partial charge in [0, 0.05) is 13.6 Å². The third-order valence-corrected chi connectivity index (χ3v) is 1.91. The number of benzene rings is 1. The summed E-state index contributed by atoms with van der Waals surface area (Å²) in [6, 6.07) is 10.1. The Morgan fingerprint density at radius 2 is 2.07 bits per heavy atom. The summed E-state index contributed by atoms with van der Waals surface area (Å²) >= 11 is 0. The fraction of sp³-hybridized carbons (Fsp3) is 0.222. The smallest absolute Gasteiger partial charge is 0.242 e. The molecular formula is C9H11N5. The second-order valence-electron chi connectivity index (χ2n) is 2.97. The van der Waals surface area contributed by atoms with Gasteiger partial charge in [-0.3, -0.25) is 0 Å². The van der Waals surface area contributed by atoms with Gasteiger partial charge in [-0.25, -0.2) is 4.68 Å². The van der Waals surface area contributed by atoms with Gasteiger partial charge in [0.25, 0.3) is 0 Å². The molecule has 72 valence electrons. The molecule has 0 saturated carbocycles. The van der Waals surface area contributed by atoms with Crippen LogP contribution in [0.1, 0.15) is 5.56 Å². The maximum Gasteiger partial charge on any atom is 0.242 e. The SMILES string of the molecule is Cn1nnnc1NCc1ccccc1. The predicted octanol–water partition coefficient (Wildman–Crippen LogP) is 0.822. The van der Waals surface area contributed by atoms with Crippen molar-refractivity contribution in [2.45, 2.75) is 6.54 Å². The monoisotopic (exact) mass is 189 g/mol. The highest BCUT2D eigenvalue weighted by atomic mass is 15.6. The molecule has 1 N–H and O–H groups in total. The second kappa shape index (κ2) is 3.87. The summed E-state index contributed by atoms with van der Waals surface area (Å²) in [6.07, 6.45) is 0. The van der Waals surface area contributed by atoms with Crippen molar-refractivity contribution in [1.82, 2.24) is 20.2 Å². The van der Waals surface area contributed by atoms with Crippen LogP contribution in [0.3, 0.4) is 0 Å². The normalized spacial score (nSPS) is 10.1. The van der Waals surface area contributed by atoms with E-state index in [9.17, 15) is 0 Å². The summed E-state index contributed by atoms with van der Waals surface area (Å²) in [6.45, 7) is 0.731. The molecule has 0 fully saturated rings. The third-order valence-electron chi connectivity index (χ3n) is 1.91. The number of rotatable bonds is 3. The number of aryl methyl sites for hydroxylation is 1. The first-order valence-electron chi connectivity index (χ1n) is 4.36. The molecule has 2 rings (SSSR count). The largest absolute Gasteiger partial charge is 0.349 e. The molecule has 0 aliphatic heterocycles. The van der Waals surface area contributed by atoms with Gasteiger partial charge in [0.1, 0.15) is 0 Å². The van der Waals surface area contributed by atoms with E-state index in [4.69, 9.17) is 0 Å². The average Bonchev–Trinajstić information content (AvgIpc) is 2.63. The van der Waals surface area contributed by atoms with E-state index in [0.29, 0.717) is 5.95 Å². The van der Waals surface area contributed by atoms with Crippen LogP contribution in [0.5, 0.6) is 0 Å².